The summed E-state index contributed by atoms with van der Waals surface area (Å²) in [5.41, 5.74) is 1.10. The second-order valence-electron chi connectivity index (χ2n) is 5.87. The van der Waals surface area contributed by atoms with Crippen LogP contribution in [0.15, 0.2) is 36.5 Å². The number of nitrogens with zero attached hydrogens (tertiary/aromatic N) is 2. The lowest BCUT2D eigenvalue weighted by atomic mass is 9.82. The van der Waals surface area contributed by atoms with Crippen molar-refractivity contribution in [2.45, 2.75) is 33.6 Å². The molecule has 0 spiro atoms. The van der Waals surface area contributed by atoms with E-state index in [0.29, 0.717) is 24.1 Å². The number of carboxylic acids is 1. The molecular weight excluding hydrogens is 306 g/mol. The fourth-order valence-electron chi connectivity index (χ4n) is 2.68. The maximum atomic E-state index is 12.5. The minimum Gasteiger partial charge on any atom is -0.481 e. The van der Waals surface area contributed by atoms with Gasteiger partial charge in [-0.1, -0.05) is 32.0 Å². The summed E-state index contributed by atoms with van der Waals surface area (Å²) in [4.78, 5) is 24.0. The molecule has 0 aliphatic heterocycles. The van der Waals surface area contributed by atoms with Crippen molar-refractivity contribution in [3.8, 4) is 5.69 Å². The van der Waals surface area contributed by atoms with E-state index in [-0.39, 0.29) is 12.5 Å². The first kappa shape index (κ1) is 17.7. The van der Waals surface area contributed by atoms with Gasteiger partial charge in [0.25, 0.3) is 5.91 Å². The highest BCUT2D eigenvalue weighted by atomic mass is 16.4. The number of hydrogen-bond acceptors (Lipinski definition) is 3. The van der Waals surface area contributed by atoms with E-state index < -0.39 is 11.4 Å². The Bertz CT molecular complexity index is 718. The number of para-hydroxylation sites is 1. The third kappa shape index (κ3) is 3.32. The summed E-state index contributed by atoms with van der Waals surface area (Å²) in [6, 6.07) is 9.54. The van der Waals surface area contributed by atoms with Crippen LogP contribution in [-0.4, -0.2) is 33.3 Å². The number of nitrogens with one attached hydrogen (secondary N) is 1. The first-order chi connectivity index (χ1) is 11.4. The molecule has 1 amide bonds. The van der Waals surface area contributed by atoms with Crippen LogP contribution in [0.2, 0.25) is 0 Å². The highest BCUT2D eigenvalue weighted by Crippen LogP contribution is 2.26. The SMILES string of the molecule is CCC(CC)(CNC(=O)c1cnn(-c2ccccc2)c1C)C(=O)O. The van der Waals surface area contributed by atoms with Crippen molar-refractivity contribution in [2.24, 2.45) is 5.41 Å². The van der Waals surface area contributed by atoms with E-state index in [2.05, 4.69) is 10.4 Å². The summed E-state index contributed by atoms with van der Waals surface area (Å²) < 4.78 is 1.69. The zero-order valence-electron chi connectivity index (χ0n) is 14.2. The number of carbonyl (C=O) groups excluding carboxylic acids is 1. The van der Waals surface area contributed by atoms with Crippen molar-refractivity contribution in [2.75, 3.05) is 6.54 Å². The van der Waals surface area contributed by atoms with E-state index in [1.54, 1.807) is 4.68 Å². The van der Waals surface area contributed by atoms with Crippen LogP contribution in [0.1, 0.15) is 42.7 Å². The monoisotopic (exact) mass is 329 g/mol. The van der Waals surface area contributed by atoms with Crippen molar-refractivity contribution in [3.05, 3.63) is 47.8 Å². The zero-order valence-corrected chi connectivity index (χ0v) is 14.2. The Kier molecular flexibility index (Phi) is 5.39. The van der Waals surface area contributed by atoms with Gasteiger partial charge in [0.05, 0.1) is 28.6 Å². The third-order valence-electron chi connectivity index (χ3n) is 4.65. The Hall–Kier alpha value is -2.63. The molecule has 0 unspecified atom stereocenters. The van der Waals surface area contributed by atoms with Gasteiger partial charge < -0.3 is 10.4 Å². The van der Waals surface area contributed by atoms with Crippen LogP contribution >= 0.6 is 0 Å². The fourth-order valence-corrected chi connectivity index (χ4v) is 2.68. The van der Waals surface area contributed by atoms with Crippen LogP contribution in [0.4, 0.5) is 0 Å². The van der Waals surface area contributed by atoms with Gasteiger partial charge in [-0.3, -0.25) is 9.59 Å². The van der Waals surface area contributed by atoms with E-state index in [4.69, 9.17) is 0 Å². The third-order valence-corrected chi connectivity index (χ3v) is 4.65. The Labute approximate surface area is 141 Å². The number of carboxylic acid groups (broad SMARTS) is 1. The van der Waals surface area contributed by atoms with Gasteiger partial charge >= 0.3 is 5.97 Å². The summed E-state index contributed by atoms with van der Waals surface area (Å²) in [5.74, 6) is -1.19. The summed E-state index contributed by atoms with van der Waals surface area (Å²) in [5, 5.41) is 16.5. The number of rotatable bonds is 7. The maximum absolute atomic E-state index is 12.5. The number of aliphatic carboxylic acids is 1. The molecule has 24 heavy (non-hydrogen) atoms. The second kappa shape index (κ2) is 7.29. The van der Waals surface area contributed by atoms with Crippen LogP contribution in [0, 0.1) is 12.3 Å². The molecule has 0 saturated carbocycles. The predicted molar refractivity (Wildman–Crippen MR) is 91.3 cm³/mol. The van der Waals surface area contributed by atoms with Gasteiger partial charge in [-0.2, -0.15) is 5.10 Å². The van der Waals surface area contributed by atoms with Gasteiger partial charge in [-0.15, -0.1) is 0 Å². The second-order valence-corrected chi connectivity index (χ2v) is 5.87. The molecule has 0 bridgehead atoms. The Morgan fingerprint density at radius 2 is 1.83 bits per heavy atom. The molecule has 0 aliphatic rings. The van der Waals surface area contributed by atoms with E-state index in [1.807, 2.05) is 51.1 Å². The van der Waals surface area contributed by atoms with Crippen LogP contribution in [0.25, 0.3) is 5.69 Å². The lowest BCUT2D eigenvalue weighted by molar-refractivity contribution is -0.149. The Balaban J connectivity index is 2.17. The Morgan fingerprint density at radius 3 is 2.38 bits per heavy atom. The lowest BCUT2D eigenvalue weighted by Crippen LogP contribution is -2.42. The number of benzene rings is 1. The summed E-state index contributed by atoms with van der Waals surface area (Å²) in [7, 11) is 0. The van der Waals surface area contributed by atoms with Gasteiger partial charge in [-0.25, -0.2) is 4.68 Å². The number of hydrogen-bond donors (Lipinski definition) is 2. The zero-order chi connectivity index (χ0) is 17.7. The van der Waals surface area contributed by atoms with Gasteiger partial charge in [0, 0.05) is 6.54 Å². The molecule has 2 N–H and O–H groups in total. The topological polar surface area (TPSA) is 84.2 Å². The van der Waals surface area contributed by atoms with E-state index in [1.165, 1.54) is 6.20 Å². The van der Waals surface area contributed by atoms with Crippen LogP contribution < -0.4 is 5.32 Å². The molecule has 2 aromatic rings. The standard InChI is InChI=1S/C18H23N3O3/c1-4-18(5-2,17(23)24)12-19-16(22)15-11-20-21(13(15)3)14-9-7-6-8-10-14/h6-11H,4-5,12H2,1-3H3,(H,19,22)(H,23,24). The van der Waals surface area contributed by atoms with E-state index in [9.17, 15) is 14.7 Å². The molecule has 2 rings (SSSR count). The highest BCUT2D eigenvalue weighted by Gasteiger charge is 2.35. The first-order valence-corrected chi connectivity index (χ1v) is 8.07. The van der Waals surface area contributed by atoms with Crippen molar-refractivity contribution in [1.82, 2.24) is 15.1 Å². The van der Waals surface area contributed by atoms with Gasteiger partial charge in [0.2, 0.25) is 0 Å². The molecule has 0 radical (unpaired) electrons. The maximum Gasteiger partial charge on any atom is 0.311 e. The van der Waals surface area contributed by atoms with Crippen molar-refractivity contribution >= 4 is 11.9 Å². The van der Waals surface area contributed by atoms with E-state index in [0.717, 1.165) is 5.69 Å². The number of aromatic nitrogens is 2. The molecule has 6 nitrogen and oxygen atoms in total. The molecular formula is C18H23N3O3. The number of carbonyl (C=O) groups is 2. The molecule has 1 aromatic carbocycles. The summed E-state index contributed by atoms with van der Waals surface area (Å²) in [6.07, 6.45) is 2.43. The van der Waals surface area contributed by atoms with Crippen molar-refractivity contribution in [3.63, 3.8) is 0 Å². The molecule has 1 aromatic heterocycles. The van der Waals surface area contributed by atoms with Crippen LogP contribution in [-0.2, 0) is 4.79 Å². The minimum atomic E-state index is -0.932. The van der Waals surface area contributed by atoms with E-state index >= 15 is 0 Å². The molecule has 0 saturated heterocycles. The largest absolute Gasteiger partial charge is 0.481 e. The lowest BCUT2D eigenvalue weighted by Gasteiger charge is -2.26. The average molecular weight is 329 g/mol. The first-order valence-electron chi connectivity index (χ1n) is 8.07. The highest BCUT2D eigenvalue weighted by molar-refractivity contribution is 5.95. The van der Waals surface area contributed by atoms with Gasteiger partial charge in [0.1, 0.15) is 0 Å². The van der Waals surface area contributed by atoms with Crippen molar-refractivity contribution < 1.29 is 14.7 Å². The molecule has 0 atom stereocenters. The predicted octanol–water partition coefficient (Wildman–Crippen LogP) is 2.80. The molecule has 6 heteroatoms. The average Bonchev–Trinajstić information content (AvgIpc) is 2.98. The van der Waals surface area contributed by atoms with Gasteiger partial charge in [-0.05, 0) is 31.9 Å². The summed E-state index contributed by atoms with van der Waals surface area (Å²) >= 11 is 0. The number of amides is 1. The van der Waals surface area contributed by atoms with Crippen molar-refractivity contribution in [1.29, 1.82) is 0 Å². The quantitative estimate of drug-likeness (QED) is 0.818. The Morgan fingerprint density at radius 1 is 1.21 bits per heavy atom. The smallest absolute Gasteiger partial charge is 0.311 e. The van der Waals surface area contributed by atoms with Gasteiger partial charge in [0.15, 0.2) is 0 Å². The fraction of sp³-hybridized carbons (Fsp3) is 0.389. The minimum absolute atomic E-state index is 0.101. The molecule has 1 heterocycles. The molecule has 128 valence electrons. The summed E-state index contributed by atoms with van der Waals surface area (Å²) in [6.45, 7) is 5.56. The van der Waals surface area contributed by atoms with Crippen LogP contribution in [0.5, 0.6) is 0 Å². The molecule has 0 aliphatic carbocycles. The molecule has 0 fully saturated rings. The normalized spacial score (nSPS) is 11.3. The van der Waals surface area contributed by atoms with Crippen LogP contribution in [0.3, 0.4) is 0 Å².